The molecule has 0 atom stereocenters. The molecule has 21 heavy (non-hydrogen) atoms. The molecule has 0 spiro atoms. The van der Waals surface area contributed by atoms with Crippen molar-refractivity contribution in [2.45, 2.75) is 57.9 Å². The maximum absolute atomic E-state index is 3.63. The van der Waals surface area contributed by atoms with Gasteiger partial charge in [0.15, 0.2) is 0 Å². The molecule has 0 aromatic heterocycles. The van der Waals surface area contributed by atoms with Crippen molar-refractivity contribution in [3.63, 3.8) is 0 Å². The van der Waals surface area contributed by atoms with E-state index in [4.69, 9.17) is 0 Å². The van der Waals surface area contributed by atoms with Gasteiger partial charge in [0.25, 0.3) is 0 Å². The van der Waals surface area contributed by atoms with Gasteiger partial charge in [0, 0.05) is 18.8 Å². The third kappa shape index (κ3) is 4.74. The summed E-state index contributed by atoms with van der Waals surface area (Å²) in [7, 11) is 0. The van der Waals surface area contributed by atoms with E-state index in [1.54, 1.807) is 0 Å². The van der Waals surface area contributed by atoms with Crippen LogP contribution in [0, 0.1) is 5.92 Å². The molecule has 116 valence electrons. The summed E-state index contributed by atoms with van der Waals surface area (Å²) in [5.41, 5.74) is 2.75. The first-order chi connectivity index (χ1) is 10.4. The van der Waals surface area contributed by atoms with E-state index in [1.807, 2.05) is 0 Å². The predicted octanol–water partition coefficient (Wildman–Crippen LogP) is 4.66. The Labute approximate surface area is 129 Å². The van der Waals surface area contributed by atoms with Crippen LogP contribution in [0.3, 0.4) is 0 Å². The lowest BCUT2D eigenvalue weighted by Crippen LogP contribution is -2.29. The van der Waals surface area contributed by atoms with E-state index in [1.165, 1.54) is 75.7 Å². The van der Waals surface area contributed by atoms with Crippen LogP contribution < -0.4 is 5.32 Å². The molecule has 2 aliphatic rings. The highest BCUT2D eigenvalue weighted by Gasteiger charge is 2.13. The van der Waals surface area contributed by atoms with Crippen LogP contribution in [0.25, 0.3) is 0 Å². The number of nitrogens with zero attached hydrogens (tertiary/aromatic N) is 1. The van der Waals surface area contributed by atoms with Crippen molar-refractivity contribution in [3.05, 3.63) is 29.8 Å². The molecule has 1 aliphatic carbocycles. The maximum Gasteiger partial charge on any atom is 0.0340 e. The van der Waals surface area contributed by atoms with E-state index in [2.05, 4.69) is 34.5 Å². The number of piperidine rings is 1. The van der Waals surface area contributed by atoms with Crippen molar-refractivity contribution in [2.75, 3.05) is 25.0 Å². The summed E-state index contributed by atoms with van der Waals surface area (Å²) in [6.45, 7) is 4.84. The van der Waals surface area contributed by atoms with Gasteiger partial charge in [-0.15, -0.1) is 0 Å². The second-order valence-electron chi connectivity index (χ2n) is 6.92. The van der Waals surface area contributed by atoms with Crippen molar-refractivity contribution in [1.82, 2.24) is 4.90 Å². The number of benzene rings is 1. The fraction of sp³-hybridized carbons (Fsp3) is 0.684. The van der Waals surface area contributed by atoms with Gasteiger partial charge in [-0.2, -0.15) is 0 Å². The normalized spacial score (nSPS) is 21.3. The number of hydrogen-bond acceptors (Lipinski definition) is 2. The third-order valence-electron chi connectivity index (χ3n) is 5.13. The summed E-state index contributed by atoms with van der Waals surface area (Å²) in [4.78, 5) is 2.59. The van der Waals surface area contributed by atoms with Gasteiger partial charge in [-0.3, -0.25) is 4.90 Å². The average molecular weight is 286 g/mol. The number of likely N-dealkylation sites (tertiary alicyclic amines) is 1. The second-order valence-corrected chi connectivity index (χ2v) is 6.92. The van der Waals surface area contributed by atoms with Gasteiger partial charge < -0.3 is 5.32 Å². The Bertz CT molecular complexity index is 400. The molecular weight excluding hydrogens is 256 g/mol. The molecule has 1 aromatic rings. The van der Waals surface area contributed by atoms with E-state index in [9.17, 15) is 0 Å². The van der Waals surface area contributed by atoms with Gasteiger partial charge in [-0.05, 0) is 62.4 Å². The summed E-state index contributed by atoms with van der Waals surface area (Å²) in [6, 6.07) is 9.14. The van der Waals surface area contributed by atoms with Crippen LogP contribution in [0.5, 0.6) is 0 Å². The first kappa shape index (κ1) is 14.9. The van der Waals surface area contributed by atoms with Gasteiger partial charge in [-0.1, -0.05) is 37.8 Å². The molecular formula is C19H30N2. The smallest absolute Gasteiger partial charge is 0.0340 e. The number of nitrogens with one attached hydrogen (secondary N) is 1. The molecule has 1 N–H and O–H groups in total. The first-order valence-electron chi connectivity index (χ1n) is 8.95. The monoisotopic (exact) mass is 286 g/mol. The summed E-state index contributed by atoms with van der Waals surface area (Å²) in [5.74, 6) is 0.895. The molecule has 1 aliphatic heterocycles. The minimum atomic E-state index is 0.895. The van der Waals surface area contributed by atoms with E-state index >= 15 is 0 Å². The van der Waals surface area contributed by atoms with Gasteiger partial charge in [0.1, 0.15) is 0 Å². The lowest BCUT2D eigenvalue weighted by atomic mass is 9.89. The van der Waals surface area contributed by atoms with E-state index in [0.717, 1.165) is 19.0 Å². The van der Waals surface area contributed by atoms with Crippen LogP contribution in [0.15, 0.2) is 24.3 Å². The zero-order valence-electron chi connectivity index (χ0n) is 13.3. The van der Waals surface area contributed by atoms with Gasteiger partial charge >= 0.3 is 0 Å². The lowest BCUT2D eigenvalue weighted by molar-refractivity contribution is 0.221. The Morgan fingerprint density at radius 1 is 0.857 bits per heavy atom. The molecule has 1 heterocycles. The zero-order chi connectivity index (χ0) is 14.3. The predicted molar refractivity (Wildman–Crippen MR) is 90.6 cm³/mol. The highest BCUT2D eigenvalue weighted by Crippen LogP contribution is 2.24. The van der Waals surface area contributed by atoms with Crippen molar-refractivity contribution >= 4 is 5.69 Å². The first-order valence-corrected chi connectivity index (χ1v) is 8.95. The van der Waals surface area contributed by atoms with Crippen molar-refractivity contribution in [3.8, 4) is 0 Å². The topological polar surface area (TPSA) is 15.3 Å². The number of rotatable bonds is 5. The van der Waals surface area contributed by atoms with Crippen molar-refractivity contribution in [2.24, 2.45) is 5.92 Å². The van der Waals surface area contributed by atoms with E-state index in [-0.39, 0.29) is 0 Å². The minimum Gasteiger partial charge on any atom is -0.385 e. The van der Waals surface area contributed by atoms with Crippen molar-refractivity contribution < 1.29 is 0 Å². The fourth-order valence-corrected chi connectivity index (χ4v) is 3.76. The van der Waals surface area contributed by atoms with Gasteiger partial charge in [0.05, 0.1) is 0 Å². The van der Waals surface area contributed by atoms with Crippen molar-refractivity contribution in [1.29, 1.82) is 0 Å². The Kier molecular flexibility index (Phi) is 5.56. The molecule has 0 radical (unpaired) electrons. The summed E-state index contributed by atoms with van der Waals surface area (Å²) in [6.07, 6.45) is 11.3. The number of anilines is 1. The maximum atomic E-state index is 3.63. The Hall–Kier alpha value is -1.02. The molecule has 2 fully saturated rings. The van der Waals surface area contributed by atoms with Gasteiger partial charge in [0.2, 0.25) is 0 Å². The standard InChI is InChI=1S/C19H30N2/c1-3-7-17(8-4-1)15-20-19-11-9-18(10-12-19)16-21-13-5-2-6-14-21/h9-12,17,20H,1-8,13-16H2. The minimum absolute atomic E-state index is 0.895. The summed E-state index contributed by atoms with van der Waals surface area (Å²) >= 11 is 0. The molecule has 3 rings (SSSR count). The average Bonchev–Trinajstić information content (AvgIpc) is 2.56. The summed E-state index contributed by atoms with van der Waals surface area (Å²) < 4.78 is 0. The molecule has 1 aromatic carbocycles. The Morgan fingerprint density at radius 3 is 2.24 bits per heavy atom. The zero-order valence-corrected chi connectivity index (χ0v) is 13.3. The van der Waals surface area contributed by atoms with E-state index < -0.39 is 0 Å². The molecule has 0 amide bonds. The lowest BCUT2D eigenvalue weighted by Gasteiger charge is -2.26. The quantitative estimate of drug-likeness (QED) is 0.846. The Balaban J connectivity index is 1.44. The molecule has 0 unspecified atom stereocenters. The van der Waals surface area contributed by atoms with Crippen LogP contribution in [-0.2, 0) is 6.54 Å². The highest BCUT2D eigenvalue weighted by atomic mass is 15.1. The highest BCUT2D eigenvalue weighted by molar-refractivity contribution is 5.44. The third-order valence-corrected chi connectivity index (χ3v) is 5.13. The van der Waals surface area contributed by atoms with Gasteiger partial charge in [-0.25, -0.2) is 0 Å². The number of hydrogen-bond donors (Lipinski definition) is 1. The fourth-order valence-electron chi connectivity index (χ4n) is 3.76. The molecule has 1 saturated heterocycles. The molecule has 0 bridgehead atoms. The summed E-state index contributed by atoms with van der Waals surface area (Å²) in [5, 5.41) is 3.63. The molecule has 1 saturated carbocycles. The Morgan fingerprint density at radius 2 is 1.52 bits per heavy atom. The van der Waals surface area contributed by atoms with Crippen LogP contribution in [0.2, 0.25) is 0 Å². The largest absolute Gasteiger partial charge is 0.385 e. The molecule has 2 nitrogen and oxygen atoms in total. The van der Waals surface area contributed by atoms with E-state index in [0.29, 0.717) is 0 Å². The molecule has 2 heteroatoms. The SMILES string of the molecule is c1cc(NCC2CCCCC2)ccc1CN1CCCCC1. The van der Waals surface area contributed by atoms with Crippen LogP contribution in [-0.4, -0.2) is 24.5 Å². The van der Waals surface area contributed by atoms with Crippen LogP contribution >= 0.6 is 0 Å². The second kappa shape index (κ2) is 7.84. The van der Waals surface area contributed by atoms with Crippen LogP contribution in [0.1, 0.15) is 56.9 Å². The van der Waals surface area contributed by atoms with Crippen LogP contribution in [0.4, 0.5) is 5.69 Å².